The van der Waals surface area contributed by atoms with Crippen LogP contribution in [-0.4, -0.2) is 63.2 Å². The Hall–Kier alpha value is -1.55. The molecule has 0 saturated carbocycles. The van der Waals surface area contributed by atoms with Crippen molar-refractivity contribution in [3.63, 3.8) is 0 Å². The van der Waals surface area contributed by atoms with Gasteiger partial charge in [0, 0.05) is 23.1 Å². The first-order valence-corrected chi connectivity index (χ1v) is 10.2. The van der Waals surface area contributed by atoms with Gasteiger partial charge in [-0.05, 0) is 31.0 Å². The van der Waals surface area contributed by atoms with Crippen LogP contribution in [-0.2, 0) is 11.3 Å². The summed E-state index contributed by atoms with van der Waals surface area (Å²) >= 11 is 3.55. The molecule has 2 N–H and O–H groups in total. The number of carbonyl (C=O) groups excluding carboxylic acids is 1. The van der Waals surface area contributed by atoms with E-state index in [4.69, 9.17) is 11.2 Å². The molecule has 2 aliphatic rings. The van der Waals surface area contributed by atoms with Gasteiger partial charge in [0.15, 0.2) is 6.54 Å². The molecule has 2 aliphatic heterocycles. The lowest BCUT2D eigenvalue weighted by Gasteiger charge is -2.30. The fourth-order valence-corrected chi connectivity index (χ4v) is 4.23. The number of quaternary nitrogens is 2. The molecule has 2 heterocycles. The molecule has 2 fully saturated rings. The van der Waals surface area contributed by atoms with Crippen molar-refractivity contribution in [2.45, 2.75) is 19.4 Å². The molecule has 3 rings (SSSR count). The van der Waals surface area contributed by atoms with E-state index in [0.29, 0.717) is 19.1 Å². The Morgan fingerprint density at radius 2 is 1.88 bits per heavy atom. The van der Waals surface area contributed by atoms with Gasteiger partial charge in [-0.25, -0.2) is 0 Å². The predicted octanol–water partition coefficient (Wildman–Crippen LogP) is -0.633. The number of benzene rings is 1. The van der Waals surface area contributed by atoms with Gasteiger partial charge >= 0.3 is 0 Å². The molecule has 0 radical (unpaired) electrons. The summed E-state index contributed by atoms with van der Waals surface area (Å²) in [6.07, 6.45) is 7.64. The lowest BCUT2D eigenvalue weighted by Crippen LogP contribution is -3.28. The fourth-order valence-electron chi connectivity index (χ4n) is 3.82. The largest absolute Gasteiger partial charge is 0.480 e. The minimum atomic E-state index is 0.292. The summed E-state index contributed by atoms with van der Waals surface area (Å²) in [6, 6.07) is 6.08. The van der Waals surface area contributed by atoms with E-state index in [9.17, 15) is 4.79 Å². The number of piperazine rings is 1. The second-order valence-corrected chi connectivity index (χ2v) is 8.10. The Balaban J connectivity index is 1.50. The van der Waals surface area contributed by atoms with Gasteiger partial charge in [0.2, 0.25) is 0 Å². The van der Waals surface area contributed by atoms with Gasteiger partial charge in [0.05, 0.1) is 0 Å². The molecule has 0 aliphatic carbocycles. The molecule has 2 saturated heterocycles. The zero-order valence-electron chi connectivity index (χ0n) is 15.2. The lowest BCUT2D eigenvalue weighted by molar-refractivity contribution is -1.02. The molecule has 6 heteroatoms. The number of rotatable bonds is 6. The van der Waals surface area contributed by atoms with E-state index in [1.165, 1.54) is 15.4 Å². The summed E-state index contributed by atoms with van der Waals surface area (Å²) < 4.78 is 6.74. The average Bonchev–Trinajstić information content (AvgIpc) is 3.18. The Labute approximate surface area is 164 Å². The second-order valence-electron chi connectivity index (χ2n) is 7.19. The van der Waals surface area contributed by atoms with Crippen molar-refractivity contribution in [3.05, 3.63) is 28.2 Å². The van der Waals surface area contributed by atoms with Crippen molar-refractivity contribution in [1.29, 1.82) is 0 Å². The topological polar surface area (TPSA) is 38.4 Å². The lowest BCUT2D eigenvalue weighted by atomic mass is 10.1. The van der Waals surface area contributed by atoms with Crippen LogP contribution in [0, 0.1) is 12.3 Å². The van der Waals surface area contributed by atoms with Gasteiger partial charge in [-0.15, -0.1) is 6.42 Å². The number of hydrogen-bond donors (Lipinski definition) is 2. The standard InChI is InChI=1S/C20H26BrN3O2/c1-2-13-26-19-6-5-18(21)14-17(19)15-22-9-11-23(12-10-22)16-20(25)24-7-3-4-8-24/h1,5-6,14H,3-4,7-13,15-16H2/p+2. The number of ether oxygens (including phenoxy) is 1. The Morgan fingerprint density at radius 1 is 1.19 bits per heavy atom. The number of hydrogen-bond acceptors (Lipinski definition) is 2. The van der Waals surface area contributed by atoms with Crippen molar-refractivity contribution in [2.24, 2.45) is 0 Å². The number of halogens is 1. The first kappa shape index (κ1) is 19.2. The van der Waals surface area contributed by atoms with E-state index in [-0.39, 0.29) is 0 Å². The van der Waals surface area contributed by atoms with Gasteiger partial charge in [-0.1, -0.05) is 21.9 Å². The highest BCUT2D eigenvalue weighted by Gasteiger charge is 2.28. The van der Waals surface area contributed by atoms with E-state index in [1.54, 1.807) is 0 Å². The first-order valence-electron chi connectivity index (χ1n) is 9.45. The first-order chi connectivity index (χ1) is 12.7. The van der Waals surface area contributed by atoms with Crippen LogP contribution < -0.4 is 14.5 Å². The maximum Gasteiger partial charge on any atom is 0.277 e. The van der Waals surface area contributed by atoms with E-state index >= 15 is 0 Å². The van der Waals surface area contributed by atoms with E-state index in [0.717, 1.165) is 68.9 Å². The monoisotopic (exact) mass is 421 g/mol. The smallest absolute Gasteiger partial charge is 0.277 e. The van der Waals surface area contributed by atoms with Crippen molar-refractivity contribution in [3.8, 4) is 18.1 Å². The van der Waals surface area contributed by atoms with Crippen LogP contribution in [0.25, 0.3) is 0 Å². The Bertz CT molecular complexity index is 660. The van der Waals surface area contributed by atoms with Crippen LogP contribution in [0.2, 0.25) is 0 Å². The van der Waals surface area contributed by atoms with Crippen LogP contribution in [0.4, 0.5) is 0 Å². The minimum absolute atomic E-state index is 0.292. The molecule has 140 valence electrons. The van der Waals surface area contributed by atoms with Crippen LogP contribution >= 0.6 is 15.9 Å². The summed E-state index contributed by atoms with van der Waals surface area (Å²) in [5.41, 5.74) is 1.18. The zero-order valence-corrected chi connectivity index (χ0v) is 16.8. The number of nitrogens with zero attached hydrogens (tertiary/aromatic N) is 1. The molecular formula is C20H28BrN3O2+2. The summed E-state index contributed by atoms with van der Waals surface area (Å²) in [5, 5.41) is 0. The molecule has 0 spiro atoms. The summed E-state index contributed by atoms with van der Waals surface area (Å²) in [7, 11) is 0. The third kappa shape index (κ3) is 5.23. The maximum atomic E-state index is 12.3. The molecule has 1 aromatic rings. The molecule has 0 unspecified atom stereocenters. The Morgan fingerprint density at radius 3 is 2.58 bits per heavy atom. The van der Waals surface area contributed by atoms with Gasteiger partial charge < -0.3 is 19.4 Å². The average molecular weight is 422 g/mol. The number of amides is 1. The van der Waals surface area contributed by atoms with Gasteiger partial charge in [-0.3, -0.25) is 4.79 Å². The van der Waals surface area contributed by atoms with Crippen LogP contribution in [0.1, 0.15) is 18.4 Å². The molecule has 1 amide bonds. The molecule has 26 heavy (non-hydrogen) atoms. The van der Waals surface area contributed by atoms with E-state index in [1.807, 2.05) is 17.0 Å². The highest BCUT2D eigenvalue weighted by molar-refractivity contribution is 9.10. The minimum Gasteiger partial charge on any atom is -0.480 e. The Kier molecular flexibility index (Phi) is 6.95. The van der Waals surface area contributed by atoms with Crippen molar-refractivity contribution in [2.75, 3.05) is 52.4 Å². The summed E-state index contributed by atoms with van der Waals surface area (Å²) in [4.78, 5) is 17.3. The summed E-state index contributed by atoms with van der Waals surface area (Å²) in [5.74, 6) is 3.73. The normalized spacial score (nSPS) is 22.8. The molecule has 0 bridgehead atoms. The van der Waals surface area contributed by atoms with Crippen molar-refractivity contribution >= 4 is 21.8 Å². The van der Waals surface area contributed by atoms with E-state index < -0.39 is 0 Å². The summed E-state index contributed by atoms with van der Waals surface area (Å²) in [6.45, 7) is 8.01. The fraction of sp³-hybridized carbons (Fsp3) is 0.550. The third-order valence-electron chi connectivity index (χ3n) is 5.30. The molecule has 5 nitrogen and oxygen atoms in total. The SMILES string of the molecule is C#CCOc1ccc(Br)cc1C[NH+]1CC[NH+](CC(=O)N2CCCC2)CC1. The van der Waals surface area contributed by atoms with Gasteiger partial charge in [0.1, 0.15) is 45.1 Å². The van der Waals surface area contributed by atoms with Gasteiger partial charge in [-0.2, -0.15) is 0 Å². The quantitative estimate of drug-likeness (QED) is 0.600. The highest BCUT2D eigenvalue weighted by Crippen LogP contribution is 2.22. The molecule has 1 aromatic carbocycles. The third-order valence-corrected chi connectivity index (χ3v) is 5.79. The number of nitrogens with one attached hydrogen (secondary N) is 2. The molecular weight excluding hydrogens is 394 g/mol. The number of terminal acetylenes is 1. The molecule has 0 atom stereocenters. The number of carbonyl (C=O) groups is 1. The predicted molar refractivity (Wildman–Crippen MR) is 104 cm³/mol. The van der Waals surface area contributed by atoms with Crippen LogP contribution in [0.5, 0.6) is 5.75 Å². The van der Waals surface area contributed by atoms with Crippen molar-refractivity contribution in [1.82, 2.24) is 4.90 Å². The van der Waals surface area contributed by atoms with Crippen LogP contribution in [0.15, 0.2) is 22.7 Å². The molecule has 0 aromatic heterocycles. The second kappa shape index (κ2) is 9.40. The van der Waals surface area contributed by atoms with Crippen LogP contribution in [0.3, 0.4) is 0 Å². The van der Waals surface area contributed by atoms with Crippen molar-refractivity contribution < 1.29 is 19.3 Å². The number of likely N-dealkylation sites (tertiary alicyclic amines) is 1. The maximum absolute atomic E-state index is 12.3. The van der Waals surface area contributed by atoms with E-state index in [2.05, 4.69) is 27.9 Å². The highest BCUT2D eigenvalue weighted by atomic mass is 79.9. The van der Waals surface area contributed by atoms with Gasteiger partial charge in [0.25, 0.3) is 5.91 Å². The zero-order chi connectivity index (χ0) is 18.4.